The van der Waals surface area contributed by atoms with Gasteiger partial charge >= 0.3 is 5.97 Å². The molecule has 1 N–H and O–H groups in total. The molecule has 124 valence electrons. The van der Waals surface area contributed by atoms with Gasteiger partial charge in [0.15, 0.2) is 6.10 Å². The topological polar surface area (TPSA) is 65.0 Å². The van der Waals surface area contributed by atoms with Crippen molar-refractivity contribution in [1.82, 2.24) is 0 Å². The van der Waals surface area contributed by atoms with Crippen LogP contribution in [0.25, 0.3) is 0 Å². The molecular weight excluding hydrogens is 284 g/mol. The molecule has 0 spiro atoms. The largest absolute Gasteiger partial charge is 0.453 e. The summed E-state index contributed by atoms with van der Waals surface area (Å²) >= 11 is 0. The predicted octanol–water partition coefficient (Wildman–Crippen LogP) is 2.42. The van der Waals surface area contributed by atoms with Crippen molar-refractivity contribution in [3.05, 3.63) is 35.9 Å². The van der Waals surface area contributed by atoms with Gasteiger partial charge in [0.2, 0.25) is 0 Å². The Morgan fingerprint density at radius 1 is 1.00 bits per heavy atom. The summed E-state index contributed by atoms with van der Waals surface area (Å²) in [4.78, 5) is 12.3. The fraction of sp³-hybridized carbons (Fsp3) is 0.588. The van der Waals surface area contributed by atoms with E-state index in [0.29, 0.717) is 5.56 Å². The molecule has 1 rings (SSSR count). The van der Waals surface area contributed by atoms with E-state index in [1.54, 1.807) is 52.0 Å². The van der Waals surface area contributed by atoms with Gasteiger partial charge in [-0.3, -0.25) is 0 Å². The molecule has 0 aliphatic rings. The van der Waals surface area contributed by atoms with Crippen LogP contribution in [0.3, 0.4) is 0 Å². The lowest BCUT2D eigenvalue weighted by Crippen LogP contribution is -2.57. The quantitative estimate of drug-likeness (QED) is 0.784. The van der Waals surface area contributed by atoms with Crippen LogP contribution in [-0.2, 0) is 14.2 Å². The number of ether oxygens (including phenoxy) is 3. The maximum Gasteiger partial charge on any atom is 0.338 e. The molecule has 0 aliphatic heterocycles. The monoisotopic (exact) mass is 310 g/mol. The highest BCUT2D eigenvalue weighted by Gasteiger charge is 2.45. The molecule has 1 aromatic rings. The normalized spacial score (nSPS) is 15.2. The molecule has 2 atom stereocenters. The number of carbonyl (C=O) groups is 1. The summed E-state index contributed by atoms with van der Waals surface area (Å²) in [6.45, 7) is 6.97. The Labute approximate surface area is 132 Å². The molecule has 0 saturated carbocycles. The van der Waals surface area contributed by atoms with Gasteiger partial charge in [0, 0.05) is 14.2 Å². The van der Waals surface area contributed by atoms with Gasteiger partial charge in [0.05, 0.1) is 11.2 Å². The number of esters is 1. The maximum absolute atomic E-state index is 12.3. The van der Waals surface area contributed by atoms with E-state index < -0.39 is 29.4 Å². The highest BCUT2D eigenvalue weighted by atomic mass is 16.6. The predicted molar refractivity (Wildman–Crippen MR) is 83.8 cm³/mol. The third kappa shape index (κ3) is 4.29. The minimum absolute atomic E-state index is 0.418. The molecule has 5 nitrogen and oxygen atoms in total. The second kappa shape index (κ2) is 7.22. The van der Waals surface area contributed by atoms with Gasteiger partial charge in [-0.15, -0.1) is 0 Å². The van der Waals surface area contributed by atoms with Crippen molar-refractivity contribution in [2.75, 3.05) is 14.2 Å². The van der Waals surface area contributed by atoms with Gasteiger partial charge in [0.25, 0.3) is 0 Å². The van der Waals surface area contributed by atoms with E-state index in [1.807, 2.05) is 6.07 Å². The van der Waals surface area contributed by atoms with E-state index in [0.717, 1.165) is 0 Å². The van der Waals surface area contributed by atoms with Gasteiger partial charge in [-0.2, -0.15) is 0 Å². The zero-order valence-corrected chi connectivity index (χ0v) is 14.1. The van der Waals surface area contributed by atoms with E-state index in [-0.39, 0.29) is 0 Å². The fourth-order valence-electron chi connectivity index (χ4n) is 1.95. The Bertz CT molecular complexity index is 481. The second-order valence-corrected chi connectivity index (χ2v) is 6.25. The Hall–Kier alpha value is -1.43. The van der Waals surface area contributed by atoms with Gasteiger partial charge in [-0.1, -0.05) is 18.2 Å². The molecule has 5 heteroatoms. The average molecular weight is 310 g/mol. The van der Waals surface area contributed by atoms with Gasteiger partial charge in [0.1, 0.15) is 11.7 Å². The number of benzene rings is 1. The number of hydrogen-bond donors (Lipinski definition) is 1. The van der Waals surface area contributed by atoms with Crippen molar-refractivity contribution < 1.29 is 24.1 Å². The van der Waals surface area contributed by atoms with E-state index in [2.05, 4.69) is 0 Å². The highest BCUT2D eigenvalue weighted by molar-refractivity contribution is 5.89. The van der Waals surface area contributed by atoms with Crippen LogP contribution in [0.2, 0.25) is 0 Å². The third-order valence-corrected chi connectivity index (χ3v) is 3.98. The summed E-state index contributed by atoms with van der Waals surface area (Å²) in [5, 5.41) is 10.6. The maximum atomic E-state index is 12.3. The molecule has 0 amide bonds. The number of hydrogen-bond acceptors (Lipinski definition) is 5. The van der Waals surface area contributed by atoms with E-state index >= 15 is 0 Å². The van der Waals surface area contributed by atoms with Gasteiger partial charge in [-0.05, 0) is 39.8 Å². The lowest BCUT2D eigenvalue weighted by Gasteiger charge is -2.41. The molecule has 0 heterocycles. The van der Waals surface area contributed by atoms with Crippen LogP contribution >= 0.6 is 0 Å². The lowest BCUT2D eigenvalue weighted by atomic mass is 9.87. The summed E-state index contributed by atoms with van der Waals surface area (Å²) < 4.78 is 16.3. The second-order valence-electron chi connectivity index (χ2n) is 6.25. The lowest BCUT2D eigenvalue weighted by molar-refractivity contribution is -0.182. The van der Waals surface area contributed by atoms with Crippen LogP contribution < -0.4 is 0 Å². The molecule has 0 aromatic heterocycles. The highest BCUT2D eigenvalue weighted by Crippen LogP contribution is 2.28. The molecule has 0 saturated heterocycles. The van der Waals surface area contributed by atoms with Crippen molar-refractivity contribution in [2.45, 2.75) is 51.1 Å². The number of rotatable bonds is 7. The first-order valence-corrected chi connectivity index (χ1v) is 7.20. The molecule has 0 radical (unpaired) electrons. The average Bonchev–Trinajstić information content (AvgIpc) is 2.52. The van der Waals surface area contributed by atoms with Crippen molar-refractivity contribution in [1.29, 1.82) is 0 Å². The van der Waals surface area contributed by atoms with Crippen LogP contribution in [-0.4, -0.2) is 48.7 Å². The van der Waals surface area contributed by atoms with Gasteiger partial charge in [-0.25, -0.2) is 4.79 Å². The molecular formula is C17H26O5. The van der Waals surface area contributed by atoms with E-state index in [1.165, 1.54) is 14.2 Å². The molecule has 0 fully saturated rings. The van der Waals surface area contributed by atoms with E-state index in [9.17, 15) is 9.90 Å². The molecule has 0 aliphatic carbocycles. The Balaban J connectivity index is 3.05. The molecule has 0 unspecified atom stereocenters. The van der Waals surface area contributed by atoms with Crippen molar-refractivity contribution in [3.8, 4) is 0 Å². The minimum Gasteiger partial charge on any atom is -0.453 e. The smallest absolute Gasteiger partial charge is 0.338 e. The van der Waals surface area contributed by atoms with Crippen LogP contribution in [0.15, 0.2) is 30.3 Å². The van der Waals surface area contributed by atoms with Crippen molar-refractivity contribution >= 4 is 5.97 Å². The first kappa shape index (κ1) is 18.6. The standard InChI is InChI=1S/C17H26O5/c1-16(2,20-5)13(18)14(17(3,4)21-6)22-15(19)12-10-8-7-9-11-12/h7-11,13-14,18H,1-6H3/t13-,14-/m1/s1. The van der Waals surface area contributed by atoms with Crippen LogP contribution in [0.5, 0.6) is 0 Å². The van der Waals surface area contributed by atoms with E-state index in [4.69, 9.17) is 14.2 Å². The summed E-state index contributed by atoms with van der Waals surface area (Å²) in [6.07, 6.45) is -1.94. The number of aliphatic hydroxyl groups excluding tert-OH is 1. The summed E-state index contributed by atoms with van der Waals surface area (Å²) in [7, 11) is 3.01. The first-order valence-electron chi connectivity index (χ1n) is 7.20. The first-order chi connectivity index (χ1) is 10.2. The summed E-state index contributed by atoms with van der Waals surface area (Å²) in [5.41, 5.74) is -1.35. The van der Waals surface area contributed by atoms with Crippen molar-refractivity contribution in [2.24, 2.45) is 0 Å². The van der Waals surface area contributed by atoms with Gasteiger partial charge < -0.3 is 19.3 Å². The SMILES string of the molecule is COC(C)(C)[C@H](O)[C@@H](OC(=O)c1ccccc1)C(C)(C)OC. The Kier molecular flexibility index (Phi) is 6.11. The summed E-state index contributed by atoms with van der Waals surface area (Å²) in [5.74, 6) is -0.512. The van der Waals surface area contributed by atoms with Crippen LogP contribution in [0, 0.1) is 0 Å². The van der Waals surface area contributed by atoms with Crippen molar-refractivity contribution in [3.63, 3.8) is 0 Å². The Morgan fingerprint density at radius 2 is 1.50 bits per heavy atom. The minimum atomic E-state index is -1.06. The molecule has 22 heavy (non-hydrogen) atoms. The zero-order chi connectivity index (χ0) is 17.0. The Morgan fingerprint density at radius 3 is 1.95 bits per heavy atom. The number of methoxy groups -OCH3 is 2. The molecule has 1 aromatic carbocycles. The number of carbonyl (C=O) groups excluding carboxylic acids is 1. The molecule has 0 bridgehead atoms. The summed E-state index contributed by atoms with van der Waals surface area (Å²) in [6, 6.07) is 8.64. The number of aliphatic hydroxyl groups is 1. The third-order valence-electron chi connectivity index (χ3n) is 3.98. The van der Waals surface area contributed by atoms with Crippen LogP contribution in [0.4, 0.5) is 0 Å². The van der Waals surface area contributed by atoms with Crippen LogP contribution in [0.1, 0.15) is 38.1 Å². The fourth-order valence-corrected chi connectivity index (χ4v) is 1.95. The zero-order valence-electron chi connectivity index (χ0n) is 14.1.